The third-order valence-electron chi connectivity index (χ3n) is 2.33. The Kier molecular flexibility index (Phi) is 4.22. The summed E-state index contributed by atoms with van der Waals surface area (Å²) in [7, 11) is 0. The van der Waals surface area contributed by atoms with Crippen LogP contribution >= 0.6 is 23.2 Å². The molecule has 0 heterocycles. The van der Waals surface area contributed by atoms with E-state index in [1.807, 2.05) is 26.0 Å². The number of aliphatic carboxylic acids is 1. The summed E-state index contributed by atoms with van der Waals surface area (Å²) in [4.78, 5) is 10.7. The van der Waals surface area contributed by atoms with Crippen LogP contribution in [0.25, 0.3) is 0 Å². The first kappa shape index (κ1) is 13.3. The van der Waals surface area contributed by atoms with Gasteiger partial charge in [-0.05, 0) is 23.5 Å². The van der Waals surface area contributed by atoms with Crippen molar-refractivity contribution in [3.63, 3.8) is 0 Å². The van der Waals surface area contributed by atoms with Gasteiger partial charge in [0, 0.05) is 0 Å². The lowest BCUT2D eigenvalue weighted by molar-refractivity contribution is -0.139. The fourth-order valence-corrected chi connectivity index (χ4v) is 2.06. The Labute approximate surface area is 105 Å². The average Bonchev–Trinajstić information content (AvgIpc) is 2.10. The molecule has 0 saturated carbocycles. The van der Waals surface area contributed by atoms with E-state index in [0.717, 1.165) is 5.56 Å². The molecule has 88 valence electrons. The van der Waals surface area contributed by atoms with Crippen molar-refractivity contribution < 1.29 is 9.90 Å². The van der Waals surface area contributed by atoms with Crippen LogP contribution in [0.2, 0.25) is 10.0 Å². The molecule has 1 N–H and O–H groups in total. The zero-order chi connectivity index (χ0) is 12.3. The van der Waals surface area contributed by atoms with E-state index in [2.05, 4.69) is 0 Å². The monoisotopic (exact) mass is 260 g/mol. The summed E-state index contributed by atoms with van der Waals surface area (Å²) in [5, 5.41) is 9.81. The van der Waals surface area contributed by atoms with Gasteiger partial charge in [0.05, 0.1) is 16.5 Å². The molecule has 0 aliphatic carbocycles. The number of halogens is 2. The van der Waals surface area contributed by atoms with E-state index in [-0.39, 0.29) is 11.8 Å². The smallest absolute Gasteiger partial charge is 0.303 e. The van der Waals surface area contributed by atoms with Crippen LogP contribution in [0.4, 0.5) is 0 Å². The van der Waals surface area contributed by atoms with E-state index >= 15 is 0 Å². The molecule has 0 radical (unpaired) electrons. The molecule has 0 aliphatic heterocycles. The highest BCUT2D eigenvalue weighted by Crippen LogP contribution is 2.32. The Bertz CT molecular complexity index is 400. The molecule has 16 heavy (non-hydrogen) atoms. The fourth-order valence-electron chi connectivity index (χ4n) is 1.67. The van der Waals surface area contributed by atoms with Gasteiger partial charge in [0.2, 0.25) is 0 Å². The normalized spacial score (nSPS) is 11.5. The van der Waals surface area contributed by atoms with Gasteiger partial charge >= 0.3 is 5.97 Å². The molecular weight excluding hydrogens is 247 g/mol. The van der Waals surface area contributed by atoms with Crippen molar-refractivity contribution in [2.45, 2.75) is 26.7 Å². The number of hydrogen-bond donors (Lipinski definition) is 1. The number of hydrogen-bond acceptors (Lipinski definition) is 1. The molecule has 1 aromatic rings. The van der Waals surface area contributed by atoms with Crippen LogP contribution in [-0.4, -0.2) is 11.1 Å². The molecule has 0 spiro atoms. The summed E-state index contributed by atoms with van der Waals surface area (Å²) in [5.41, 5.74) is 0.556. The van der Waals surface area contributed by atoms with Crippen LogP contribution in [0, 0.1) is 5.41 Å². The number of carboxylic acids is 1. The minimum Gasteiger partial charge on any atom is -0.481 e. The highest BCUT2D eigenvalue weighted by molar-refractivity contribution is 6.42. The molecule has 0 unspecified atom stereocenters. The Morgan fingerprint density at radius 2 is 2.00 bits per heavy atom. The quantitative estimate of drug-likeness (QED) is 0.888. The van der Waals surface area contributed by atoms with E-state index in [9.17, 15) is 4.79 Å². The SMILES string of the molecule is CC(C)(CC(=O)O)Cc1cccc(Cl)c1Cl. The molecule has 1 rings (SSSR count). The maximum atomic E-state index is 10.7. The van der Waals surface area contributed by atoms with Gasteiger partial charge in [0.25, 0.3) is 0 Å². The third-order valence-corrected chi connectivity index (χ3v) is 3.19. The van der Waals surface area contributed by atoms with Gasteiger partial charge in [0.1, 0.15) is 0 Å². The molecule has 0 fully saturated rings. The van der Waals surface area contributed by atoms with Crippen molar-refractivity contribution >= 4 is 29.2 Å². The van der Waals surface area contributed by atoms with Gasteiger partial charge in [-0.2, -0.15) is 0 Å². The number of carbonyl (C=O) groups is 1. The number of carboxylic acid groups (broad SMARTS) is 1. The Balaban J connectivity index is 2.87. The summed E-state index contributed by atoms with van der Waals surface area (Å²) in [5.74, 6) is -0.803. The second-order valence-electron chi connectivity index (χ2n) is 4.62. The minimum absolute atomic E-state index is 0.107. The minimum atomic E-state index is -0.803. The van der Waals surface area contributed by atoms with Gasteiger partial charge < -0.3 is 5.11 Å². The molecule has 0 aromatic heterocycles. The van der Waals surface area contributed by atoms with Crippen molar-refractivity contribution in [2.24, 2.45) is 5.41 Å². The summed E-state index contributed by atoms with van der Waals surface area (Å²) < 4.78 is 0. The van der Waals surface area contributed by atoms with Crippen molar-refractivity contribution in [1.82, 2.24) is 0 Å². The standard InChI is InChI=1S/C12H14Cl2O2/c1-12(2,7-10(15)16)6-8-4-3-5-9(13)11(8)14/h3-5H,6-7H2,1-2H3,(H,15,16). The van der Waals surface area contributed by atoms with Crippen LogP contribution in [0.15, 0.2) is 18.2 Å². The first-order valence-corrected chi connectivity index (χ1v) is 5.72. The Morgan fingerprint density at radius 3 is 2.56 bits per heavy atom. The van der Waals surface area contributed by atoms with Gasteiger partial charge in [-0.3, -0.25) is 4.79 Å². The Morgan fingerprint density at radius 1 is 1.38 bits per heavy atom. The van der Waals surface area contributed by atoms with Crippen molar-refractivity contribution in [1.29, 1.82) is 0 Å². The van der Waals surface area contributed by atoms with E-state index in [0.29, 0.717) is 16.5 Å². The molecule has 0 aliphatic rings. The van der Waals surface area contributed by atoms with Crippen molar-refractivity contribution in [3.8, 4) is 0 Å². The van der Waals surface area contributed by atoms with Crippen molar-refractivity contribution in [3.05, 3.63) is 33.8 Å². The lowest BCUT2D eigenvalue weighted by Crippen LogP contribution is -2.19. The van der Waals surface area contributed by atoms with Crippen LogP contribution in [0.3, 0.4) is 0 Å². The predicted molar refractivity (Wildman–Crippen MR) is 66.2 cm³/mol. The van der Waals surface area contributed by atoms with E-state index < -0.39 is 5.97 Å². The second-order valence-corrected chi connectivity index (χ2v) is 5.41. The molecule has 2 nitrogen and oxygen atoms in total. The fraction of sp³-hybridized carbons (Fsp3) is 0.417. The van der Waals surface area contributed by atoms with E-state index in [4.69, 9.17) is 28.3 Å². The zero-order valence-electron chi connectivity index (χ0n) is 9.26. The van der Waals surface area contributed by atoms with Crippen LogP contribution < -0.4 is 0 Å². The van der Waals surface area contributed by atoms with Crippen LogP contribution in [0.1, 0.15) is 25.8 Å². The first-order chi connectivity index (χ1) is 7.32. The lowest BCUT2D eigenvalue weighted by atomic mass is 9.83. The average molecular weight is 261 g/mol. The molecule has 0 bridgehead atoms. The van der Waals surface area contributed by atoms with E-state index in [1.54, 1.807) is 6.07 Å². The van der Waals surface area contributed by atoms with Crippen molar-refractivity contribution in [2.75, 3.05) is 0 Å². The molecule has 0 atom stereocenters. The number of rotatable bonds is 4. The first-order valence-electron chi connectivity index (χ1n) is 4.96. The summed E-state index contributed by atoms with van der Waals surface area (Å²) in [6, 6.07) is 5.41. The molecule has 0 saturated heterocycles. The second kappa shape index (κ2) is 5.07. The lowest BCUT2D eigenvalue weighted by Gasteiger charge is -2.23. The molecule has 1 aromatic carbocycles. The molecule has 0 amide bonds. The largest absolute Gasteiger partial charge is 0.481 e. The molecular formula is C12H14Cl2O2. The maximum absolute atomic E-state index is 10.7. The zero-order valence-corrected chi connectivity index (χ0v) is 10.8. The van der Waals surface area contributed by atoms with Gasteiger partial charge in [-0.15, -0.1) is 0 Å². The van der Waals surface area contributed by atoms with E-state index in [1.165, 1.54) is 0 Å². The maximum Gasteiger partial charge on any atom is 0.303 e. The van der Waals surface area contributed by atoms with Crippen LogP contribution in [0.5, 0.6) is 0 Å². The predicted octanol–water partition coefficient (Wildman–Crippen LogP) is 4.04. The van der Waals surface area contributed by atoms with Gasteiger partial charge in [-0.1, -0.05) is 49.2 Å². The van der Waals surface area contributed by atoms with Gasteiger partial charge in [-0.25, -0.2) is 0 Å². The highest BCUT2D eigenvalue weighted by atomic mass is 35.5. The topological polar surface area (TPSA) is 37.3 Å². The molecule has 4 heteroatoms. The number of benzene rings is 1. The van der Waals surface area contributed by atoms with Crippen LogP contribution in [-0.2, 0) is 11.2 Å². The summed E-state index contributed by atoms with van der Waals surface area (Å²) >= 11 is 12.0. The Hall–Kier alpha value is -0.730. The van der Waals surface area contributed by atoms with Gasteiger partial charge in [0.15, 0.2) is 0 Å². The highest BCUT2D eigenvalue weighted by Gasteiger charge is 2.23. The summed E-state index contributed by atoms with van der Waals surface area (Å²) in [6.07, 6.45) is 0.703. The third kappa shape index (κ3) is 3.69. The summed E-state index contributed by atoms with van der Waals surface area (Å²) in [6.45, 7) is 3.80.